The molecule has 0 aromatic carbocycles. The van der Waals surface area contributed by atoms with E-state index < -0.39 is 17.4 Å². The number of esters is 1. The zero-order valence-corrected chi connectivity index (χ0v) is 11.5. The Balaban J connectivity index is 1.90. The standard InChI is InChI=1S/C14H19NO4/c1-8(2)6-15-7-14-5-4-9(19-14)10(13(17)18-3)11(14)12(15)16/h4-5,8-11H,6-7H2,1-3H3/t9-,10-,11-,14+/m0/s1. The third-order valence-corrected chi connectivity index (χ3v) is 4.24. The fourth-order valence-corrected chi connectivity index (χ4v) is 3.58. The molecule has 0 aliphatic carbocycles. The van der Waals surface area contributed by atoms with Gasteiger partial charge in [-0.3, -0.25) is 9.59 Å². The molecule has 3 rings (SSSR count). The van der Waals surface area contributed by atoms with Crippen LogP contribution in [0.2, 0.25) is 0 Å². The Morgan fingerprint density at radius 1 is 1.63 bits per heavy atom. The van der Waals surface area contributed by atoms with Crippen molar-refractivity contribution in [2.75, 3.05) is 20.2 Å². The largest absolute Gasteiger partial charge is 0.469 e. The molecule has 0 N–H and O–H groups in total. The Morgan fingerprint density at radius 3 is 3.00 bits per heavy atom. The summed E-state index contributed by atoms with van der Waals surface area (Å²) in [5, 5.41) is 0. The first-order valence-electron chi connectivity index (χ1n) is 6.72. The van der Waals surface area contributed by atoms with Gasteiger partial charge in [0.25, 0.3) is 0 Å². The predicted octanol–water partition coefficient (Wildman–Crippen LogP) is 0.597. The highest BCUT2D eigenvalue weighted by Crippen LogP contribution is 2.52. The van der Waals surface area contributed by atoms with Crippen molar-refractivity contribution in [1.29, 1.82) is 0 Å². The molecule has 104 valence electrons. The van der Waals surface area contributed by atoms with Gasteiger partial charge in [0.05, 0.1) is 25.7 Å². The van der Waals surface area contributed by atoms with Gasteiger partial charge in [0, 0.05) is 6.54 Å². The number of rotatable bonds is 3. The highest BCUT2D eigenvalue weighted by Gasteiger charge is 2.67. The molecule has 0 radical (unpaired) electrons. The fraction of sp³-hybridized carbons (Fsp3) is 0.714. The Kier molecular flexibility index (Phi) is 2.71. The lowest BCUT2D eigenvalue weighted by Gasteiger charge is -2.22. The predicted molar refractivity (Wildman–Crippen MR) is 67.2 cm³/mol. The summed E-state index contributed by atoms with van der Waals surface area (Å²) in [7, 11) is 1.36. The molecule has 0 saturated carbocycles. The summed E-state index contributed by atoms with van der Waals surface area (Å²) in [6.07, 6.45) is 3.55. The molecule has 0 aromatic heterocycles. The van der Waals surface area contributed by atoms with Crippen LogP contribution in [0.15, 0.2) is 12.2 Å². The van der Waals surface area contributed by atoms with Gasteiger partial charge < -0.3 is 14.4 Å². The zero-order chi connectivity index (χ0) is 13.8. The first kappa shape index (κ1) is 12.7. The molecule has 3 aliphatic rings. The molecule has 5 nitrogen and oxygen atoms in total. The number of hydrogen-bond acceptors (Lipinski definition) is 4. The second-order valence-electron chi connectivity index (χ2n) is 6.04. The second kappa shape index (κ2) is 4.07. The maximum absolute atomic E-state index is 12.5. The van der Waals surface area contributed by atoms with Crippen LogP contribution < -0.4 is 0 Å². The molecule has 2 fully saturated rings. The fourth-order valence-electron chi connectivity index (χ4n) is 3.58. The van der Waals surface area contributed by atoms with Crippen LogP contribution in [0.5, 0.6) is 0 Å². The molecule has 19 heavy (non-hydrogen) atoms. The quantitative estimate of drug-likeness (QED) is 0.554. The van der Waals surface area contributed by atoms with Gasteiger partial charge in [0.1, 0.15) is 11.5 Å². The van der Waals surface area contributed by atoms with Crippen LogP contribution in [0.25, 0.3) is 0 Å². The van der Waals surface area contributed by atoms with Gasteiger partial charge in [-0.15, -0.1) is 0 Å². The van der Waals surface area contributed by atoms with Crippen molar-refractivity contribution < 1.29 is 19.1 Å². The lowest BCUT2D eigenvalue weighted by Crippen LogP contribution is -2.39. The number of fused-ring (bicyclic) bond motifs is 1. The molecule has 1 spiro atoms. The van der Waals surface area contributed by atoms with Crippen LogP contribution >= 0.6 is 0 Å². The summed E-state index contributed by atoms with van der Waals surface area (Å²) < 4.78 is 10.8. The van der Waals surface area contributed by atoms with E-state index in [2.05, 4.69) is 13.8 Å². The van der Waals surface area contributed by atoms with Crippen molar-refractivity contribution >= 4 is 11.9 Å². The zero-order valence-electron chi connectivity index (χ0n) is 11.5. The number of hydrogen-bond donors (Lipinski definition) is 0. The Hall–Kier alpha value is -1.36. The molecule has 1 amide bonds. The molecule has 2 bridgehead atoms. The van der Waals surface area contributed by atoms with Crippen molar-refractivity contribution in [3.8, 4) is 0 Å². The van der Waals surface area contributed by atoms with Crippen molar-refractivity contribution in [2.45, 2.75) is 25.6 Å². The summed E-state index contributed by atoms with van der Waals surface area (Å²) >= 11 is 0. The molecule has 4 atom stereocenters. The topological polar surface area (TPSA) is 55.8 Å². The molecule has 5 heteroatoms. The van der Waals surface area contributed by atoms with Crippen LogP contribution in [0.1, 0.15) is 13.8 Å². The van der Waals surface area contributed by atoms with Crippen LogP contribution in [0, 0.1) is 17.8 Å². The van der Waals surface area contributed by atoms with Gasteiger partial charge >= 0.3 is 5.97 Å². The Labute approximate surface area is 112 Å². The monoisotopic (exact) mass is 265 g/mol. The number of likely N-dealkylation sites (tertiary alicyclic amines) is 1. The molecule has 0 unspecified atom stereocenters. The number of methoxy groups -OCH3 is 1. The van der Waals surface area contributed by atoms with Crippen molar-refractivity contribution in [3.63, 3.8) is 0 Å². The maximum atomic E-state index is 12.5. The first-order valence-corrected chi connectivity index (χ1v) is 6.72. The van der Waals surface area contributed by atoms with E-state index in [0.717, 1.165) is 0 Å². The van der Waals surface area contributed by atoms with Crippen LogP contribution in [-0.4, -0.2) is 48.7 Å². The van der Waals surface area contributed by atoms with Crippen LogP contribution in [0.4, 0.5) is 0 Å². The normalized spacial score (nSPS) is 39.3. The summed E-state index contributed by atoms with van der Waals surface area (Å²) in [6.45, 7) is 5.40. The number of ether oxygens (including phenoxy) is 2. The minimum atomic E-state index is -0.602. The van der Waals surface area contributed by atoms with E-state index in [1.165, 1.54) is 7.11 Å². The number of nitrogens with zero attached hydrogens (tertiary/aromatic N) is 1. The highest BCUT2D eigenvalue weighted by molar-refractivity contribution is 5.91. The SMILES string of the molecule is COC(=O)[C@H]1[C@@H]2C=C[C@]3(CN(CC(C)C)C(=O)[C@H]13)O2. The minimum absolute atomic E-state index is 0.0240. The van der Waals surface area contributed by atoms with E-state index in [1.807, 2.05) is 17.1 Å². The van der Waals surface area contributed by atoms with E-state index in [9.17, 15) is 9.59 Å². The smallest absolute Gasteiger partial charge is 0.312 e. The van der Waals surface area contributed by atoms with E-state index in [-0.39, 0.29) is 18.0 Å². The summed E-state index contributed by atoms with van der Waals surface area (Å²) in [4.78, 5) is 26.3. The summed E-state index contributed by atoms with van der Waals surface area (Å²) in [5.41, 5.74) is -0.602. The van der Waals surface area contributed by atoms with Gasteiger partial charge in [0.15, 0.2) is 0 Å². The first-order chi connectivity index (χ1) is 8.98. The average molecular weight is 265 g/mol. The van der Waals surface area contributed by atoms with E-state index in [4.69, 9.17) is 9.47 Å². The third kappa shape index (κ3) is 1.64. The average Bonchev–Trinajstić information content (AvgIpc) is 2.97. The van der Waals surface area contributed by atoms with Gasteiger partial charge in [0.2, 0.25) is 5.91 Å². The van der Waals surface area contributed by atoms with Gasteiger partial charge in [-0.1, -0.05) is 26.0 Å². The van der Waals surface area contributed by atoms with Crippen molar-refractivity contribution in [3.05, 3.63) is 12.2 Å². The van der Waals surface area contributed by atoms with Crippen molar-refractivity contribution in [1.82, 2.24) is 4.90 Å². The van der Waals surface area contributed by atoms with Gasteiger partial charge in [-0.25, -0.2) is 0 Å². The third-order valence-electron chi connectivity index (χ3n) is 4.24. The van der Waals surface area contributed by atoms with E-state index >= 15 is 0 Å². The molecule has 3 heterocycles. The molecule has 0 aromatic rings. The minimum Gasteiger partial charge on any atom is -0.469 e. The Bertz CT molecular complexity index is 458. The number of carbonyl (C=O) groups excluding carboxylic acids is 2. The van der Waals surface area contributed by atoms with Gasteiger partial charge in [-0.05, 0) is 5.92 Å². The molecular formula is C14H19NO4. The molecular weight excluding hydrogens is 246 g/mol. The lowest BCUT2D eigenvalue weighted by atomic mass is 9.77. The summed E-state index contributed by atoms with van der Waals surface area (Å²) in [5.74, 6) is -0.817. The van der Waals surface area contributed by atoms with Crippen LogP contribution in [0.3, 0.4) is 0 Å². The summed E-state index contributed by atoms with van der Waals surface area (Å²) in [6, 6.07) is 0. The Morgan fingerprint density at radius 2 is 2.37 bits per heavy atom. The van der Waals surface area contributed by atoms with E-state index in [1.54, 1.807) is 0 Å². The maximum Gasteiger partial charge on any atom is 0.312 e. The number of amides is 1. The molecule has 3 aliphatic heterocycles. The van der Waals surface area contributed by atoms with Crippen molar-refractivity contribution in [2.24, 2.45) is 17.8 Å². The van der Waals surface area contributed by atoms with Gasteiger partial charge in [-0.2, -0.15) is 0 Å². The highest BCUT2D eigenvalue weighted by atomic mass is 16.5. The second-order valence-corrected chi connectivity index (χ2v) is 6.04. The van der Waals surface area contributed by atoms with Crippen LogP contribution in [-0.2, 0) is 19.1 Å². The lowest BCUT2D eigenvalue weighted by molar-refractivity contribution is -0.151. The number of carbonyl (C=O) groups is 2. The van der Waals surface area contributed by atoms with E-state index in [0.29, 0.717) is 19.0 Å². The molecule has 2 saturated heterocycles.